The molecule has 1 aromatic heterocycles. The zero-order valence-electron chi connectivity index (χ0n) is 33.0. The molecule has 10 aromatic carbocycles. The Labute approximate surface area is 350 Å². The van der Waals surface area contributed by atoms with Crippen molar-refractivity contribution in [3.8, 4) is 55.6 Å². The van der Waals surface area contributed by atoms with E-state index < -0.39 is 0 Å². The molecular weight excluding hydrogens is 725 g/mol. The Hall–Kier alpha value is -7.74. The van der Waals surface area contributed by atoms with Gasteiger partial charge in [0.15, 0.2) is 0 Å². The third-order valence-electron chi connectivity index (χ3n) is 12.0. The van der Waals surface area contributed by atoms with E-state index >= 15 is 0 Å². The van der Waals surface area contributed by atoms with Gasteiger partial charge >= 0.3 is 0 Å². The first kappa shape index (κ1) is 35.4. The minimum Gasteiger partial charge on any atom is -0.456 e. The lowest BCUT2D eigenvalue weighted by atomic mass is 9.82. The second-order valence-corrected chi connectivity index (χ2v) is 15.7. The van der Waals surface area contributed by atoms with Crippen molar-refractivity contribution in [2.24, 2.45) is 0 Å². The maximum absolute atomic E-state index is 6.14. The van der Waals surface area contributed by atoms with Gasteiger partial charge in [-0.3, -0.25) is 0 Å². The molecule has 0 saturated carbocycles. The first-order chi connectivity index (χ1) is 29.7. The topological polar surface area (TPSA) is 13.1 Å². The van der Waals surface area contributed by atoms with E-state index in [0.717, 1.165) is 21.9 Å². The molecule has 0 spiro atoms. The Morgan fingerprint density at radius 3 is 1.43 bits per heavy atom. The zero-order chi connectivity index (χ0) is 39.8. The minimum absolute atomic E-state index is 0.0242. The van der Waals surface area contributed by atoms with E-state index in [-0.39, 0.29) is 5.92 Å². The summed E-state index contributed by atoms with van der Waals surface area (Å²) in [7, 11) is 0. The molecule has 0 aliphatic rings. The van der Waals surface area contributed by atoms with Gasteiger partial charge in [-0.25, -0.2) is 0 Å². The molecule has 11 rings (SSSR count). The first-order valence-electron chi connectivity index (χ1n) is 20.7. The smallest absolute Gasteiger partial charge is 0.135 e. The average molecular weight is 765 g/mol. The van der Waals surface area contributed by atoms with Crippen LogP contribution < -0.4 is 0 Å². The van der Waals surface area contributed by atoms with Crippen molar-refractivity contribution in [1.29, 1.82) is 0 Å². The van der Waals surface area contributed by atoms with Crippen LogP contribution >= 0.6 is 0 Å². The van der Waals surface area contributed by atoms with E-state index in [0.29, 0.717) is 0 Å². The average Bonchev–Trinajstić information content (AvgIpc) is 3.70. The van der Waals surface area contributed by atoms with Crippen LogP contribution in [0.3, 0.4) is 0 Å². The Bertz CT molecular complexity index is 3290. The summed E-state index contributed by atoms with van der Waals surface area (Å²) in [6.07, 6.45) is 0. The van der Waals surface area contributed by atoms with Crippen LogP contribution in [0.5, 0.6) is 0 Å². The molecule has 0 saturated heterocycles. The molecule has 0 radical (unpaired) electrons. The molecule has 282 valence electrons. The van der Waals surface area contributed by atoms with Crippen LogP contribution in [0.2, 0.25) is 0 Å². The van der Waals surface area contributed by atoms with Gasteiger partial charge in [0.05, 0.1) is 0 Å². The first-order valence-corrected chi connectivity index (χ1v) is 20.7. The fourth-order valence-corrected chi connectivity index (χ4v) is 8.97. The summed E-state index contributed by atoms with van der Waals surface area (Å²) in [4.78, 5) is 0. The van der Waals surface area contributed by atoms with E-state index in [1.54, 1.807) is 0 Å². The summed E-state index contributed by atoms with van der Waals surface area (Å²) in [6, 6.07) is 85.9. The van der Waals surface area contributed by atoms with Crippen LogP contribution in [0.25, 0.3) is 88.3 Å². The number of hydrogen-bond acceptors (Lipinski definition) is 1. The van der Waals surface area contributed by atoms with Crippen LogP contribution in [-0.2, 0) is 0 Å². The van der Waals surface area contributed by atoms with Crippen LogP contribution in [0.4, 0.5) is 0 Å². The number of benzene rings is 10. The molecule has 1 unspecified atom stereocenters. The van der Waals surface area contributed by atoms with Gasteiger partial charge in [0.25, 0.3) is 0 Å². The van der Waals surface area contributed by atoms with Crippen molar-refractivity contribution in [3.63, 3.8) is 0 Å². The highest BCUT2D eigenvalue weighted by atomic mass is 16.3. The third kappa shape index (κ3) is 6.67. The molecular formula is C59H40O. The van der Waals surface area contributed by atoms with Gasteiger partial charge in [0.2, 0.25) is 0 Å². The Kier molecular flexibility index (Phi) is 8.98. The number of furan rings is 1. The fourth-order valence-electron chi connectivity index (χ4n) is 8.97. The summed E-state index contributed by atoms with van der Waals surface area (Å²) >= 11 is 0. The van der Waals surface area contributed by atoms with Crippen molar-refractivity contribution >= 4 is 32.7 Å². The van der Waals surface area contributed by atoms with Crippen molar-refractivity contribution in [2.45, 2.75) is 5.92 Å². The predicted molar refractivity (Wildman–Crippen MR) is 252 cm³/mol. The van der Waals surface area contributed by atoms with Crippen LogP contribution in [-0.4, -0.2) is 0 Å². The van der Waals surface area contributed by atoms with Gasteiger partial charge < -0.3 is 4.42 Å². The molecule has 0 aliphatic carbocycles. The summed E-state index contributed by atoms with van der Waals surface area (Å²) in [5, 5.41) is 4.80. The van der Waals surface area contributed by atoms with E-state index in [4.69, 9.17) is 4.42 Å². The van der Waals surface area contributed by atoms with E-state index in [1.165, 1.54) is 83.1 Å². The van der Waals surface area contributed by atoms with Gasteiger partial charge in [-0.15, -0.1) is 0 Å². The number of hydrogen-bond donors (Lipinski definition) is 0. The predicted octanol–water partition coefficient (Wildman–Crippen LogP) is 16.3. The number of rotatable bonds is 8. The number of fused-ring (bicyclic) bond motifs is 4. The van der Waals surface area contributed by atoms with Gasteiger partial charge in [-0.05, 0) is 113 Å². The largest absolute Gasteiger partial charge is 0.456 e. The van der Waals surface area contributed by atoms with E-state index in [2.05, 4.69) is 224 Å². The molecule has 0 fully saturated rings. The van der Waals surface area contributed by atoms with Crippen molar-refractivity contribution < 1.29 is 4.42 Å². The lowest BCUT2D eigenvalue weighted by Crippen LogP contribution is -2.04. The molecule has 0 bridgehead atoms. The molecule has 60 heavy (non-hydrogen) atoms. The van der Waals surface area contributed by atoms with Crippen molar-refractivity contribution in [1.82, 2.24) is 0 Å². The normalized spacial score (nSPS) is 11.9. The molecule has 1 heterocycles. The number of para-hydroxylation sites is 1. The van der Waals surface area contributed by atoms with E-state index in [9.17, 15) is 0 Å². The highest BCUT2D eigenvalue weighted by Gasteiger charge is 2.19. The van der Waals surface area contributed by atoms with Crippen LogP contribution in [0.1, 0.15) is 22.6 Å². The Morgan fingerprint density at radius 1 is 0.250 bits per heavy atom. The Balaban J connectivity index is 0.976. The SMILES string of the molecule is c1ccc(-c2cccc(-c3ccc(C(c4ccc(-c5cccc6ccccc56)cc4)c4cccc(-c5cccc(-c6ccc7oc8ccccc8c7c6)c5)c4)cc3)c2)cc1. The lowest BCUT2D eigenvalue weighted by molar-refractivity contribution is 0.669. The molecule has 11 aromatic rings. The molecule has 0 amide bonds. The quantitative estimate of drug-likeness (QED) is 0.140. The van der Waals surface area contributed by atoms with Gasteiger partial charge in [-0.1, -0.05) is 206 Å². The maximum atomic E-state index is 6.14. The Morgan fingerprint density at radius 2 is 0.717 bits per heavy atom. The van der Waals surface area contributed by atoms with Crippen LogP contribution in [0.15, 0.2) is 241 Å². The van der Waals surface area contributed by atoms with Crippen molar-refractivity contribution in [2.75, 3.05) is 0 Å². The monoisotopic (exact) mass is 764 g/mol. The summed E-state index contributed by atoms with van der Waals surface area (Å²) in [5.74, 6) is 0.0242. The molecule has 1 nitrogen and oxygen atoms in total. The van der Waals surface area contributed by atoms with Gasteiger partial charge in [0.1, 0.15) is 11.2 Å². The van der Waals surface area contributed by atoms with Gasteiger partial charge in [-0.2, -0.15) is 0 Å². The minimum atomic E-state index is 0.0242. The zero-order valence-corrected chi connectivity index (χ0v) is 33.0. The highest BCUT2D eigenvalue weighted by Crippen LogP contribution is 2.39. The van der Waals surface area contributed by atoms with E-state index in [1.807, 2.05) is 12.1 Å². The standard InChI is InChI=1S/C59H40O/c1-2-12-40(13-3-1)46-16-8-17-47(36-46)41-26-30-44(31-27-41)59(45-32-28-43(29-33-45)54-24-11-15-42-14-4-5-22-53(42)54)52-21-10-20-50(38-52)48-18-9-19-49(37-48)51-34-35-58-56(39-51)55-23-6-7-25-57(55)60-58/h1-39,59H. The molecule has 0 N–H and O–H groups in total. The fraction of sp³-hybridized carbons (Fsp3) is 0.0169. The summed E-state index contributed by atoms with van der Waals surface area (Å²) in [6.45, 7) is 0. The summed E-state index contributed by atoms with van der Waals surface area (Å²) < 4.78 is 6.14. The molecule has 1 heteroatoms. The molecule has 1 atom stereocenters. The summed E-state index contributed by atoms with van der Waals surface area (Å²) in [5.41, 5.74) is 17.6. The lowest BCUT2D eigenvalue weighted by Gasteiger charge is -2.21. The van der Waals surface area contributed by atoms with Crippen molar-refractivity contribution in [3.05, 3.63) is 253 Å². The third-order valence-corrected chi connectivity index (χ3v) is 12.0. The maximum Gasteiger partial charge on any atom is 0.135 e. The highest BCUT2D eigenvalue weighted by molar-refractivity contribution is 6.06. The van der Waals surface area contributed by atoms with Gasteiger partial charge in [0, 0.05) is 16.7 Å². The molecule has 0 aliphatic heterocycles. The van der Waals surface area contributed by atoms with Crippen LogP contribution in [0, 0.1) is 0 Å². The second kappa shape index (κ2) is 15.2. The second-order valence-electron chi connectivity index (χ2n) is 15.7.